The van der Waals surface area contributed by atoms with Crippen LogP contribution in [0.3, 0.4) is 0 Å². The number of unbranched alkanes of at least 4 members (excludes halogenated alkanes) is 5. The third kappa shape index (κ3) is 8.08. The van der Waals surface area contributed by atoms with Gasteiger partial charge in [-0.25, -0.2) is 0 Å². The molecule has 0 bridgehead atoms. The maximum Gasteiger partial charge on any atom is 0.326 e. The third-order valence-corrected chi connectivity index (χ3v) is 5.71. The first kappa shape index (κ1) is 25.5. The molecule has 1 aliphatic carbocycles. The Morgan fingerprint density at radius 3 is 1.93 bits per heavy atom. The first-order valence-electron chi connectivity index (χ1n) is 11.4. The summed E-state index contributed by atoms with van der Waals surface area (Å²) in [4.78, 5) is 0. The second kappa shape index (κ2) is 14.4. The summed E-state index contributed by atoms with van der Waals surface area (Å²) in [5.41, 5.74) is 3.17. The van der Waals surface area contributed by atoms with Crippen molar-refractivity contribution < 1.29 is 0 Å². The highest BCUT2D eigenvalue weighted by Crippen LogP contribution is 2.33. The molecule has 0 fully saturated rings. The van der Waals surface area contributed by atoms with Crippen molar-refractivity contribution in [1.29, 1.82) is 0 Å². The Labute approximate surface area is 198 Å². The Morgan fingerprint density at radius 1 is 0.667 bits per heavy atom. The van der Waals surface area contributed by atoms with Crippen LogP contribution in [-0.4, -0.2) is 6.73 Å². The van der Waals surface area contributed by atoms with Gasteiger partial charge in [-0.15, -0.1) is 33.2 Å². The van der Waals surface area contributed by atoms with Crippen molar-refractivity contribution in [3.63, 3.8) is 0 Å². The molecule has 0 radical (unpaired) electrons. The Balaban J connectivity index is 0.000000226. The lowest BCUT2D eigenvalue weighted by molar-refractivity contribution is 0.624. The molecule has 0 spiro atoms. The fourth-order valence-corrected chi connectivity index (χ4v) is 4.20. The summed E-state index contributed by atoms with van der Waals surface area (Å²) in [5.74, 6) is 0. The van der Waals surface area contributed by atoms with E-state index in [1.807, 2.05) is 0 Å². The first-order valence-corrected chi connectivity index (χ1v) is 16.7. The molecule has 1 aliphatic rings. The average molecular weight is 482 g/mol. The number of benzene rings is 3. The van der Waals surface area contributed by atoms with Crippen LogP contribution in [0, 0.1) is 0 Å². The van der Waals surface area contributed by atoms with E-state index < -0.39 is 6.73 Å². The summed E-state index contributed by atoms with van der Waals surface area (Å²) < 4.78 is 0. The van der Waals surface area contributed by atoms with E-state index in [9.17, 15) is 0 Å². The first-order chi connectivity index (χ1) is 14.6. The molecule has 0 aromatic heterocycles. The molecule has 4 heteroatoms. The normalized spacial score (nSPS) is 12.7. The topological polar surface area (TPSA) is 0 Å². The molecule has 0 heterocycles. The van der Waals surface area contributed by atoms with Crippen LogP contribution in [0.5, 0.6) is 0 Å². The van der Waals surface area contributed by atoms with Gasteiger partial charge in [0.05, 0.1) is 0 Å². The summed E-state index contributed by atoms with van der Waals surface area (Å²) in [6, 6.07) is 18.0. The third-order valence-electron chi connectivity index (χ3n) is 5.71. The lowest BCUT2D eigenvalue weighted by Gasteiger charge is -2.18. The maximum atomic E-state index is 4.94. The van der Waals surface area contributed by atoms with E-state index in [-0.39, 0.29) is 0 Å². The minimum atomic E-state index is -1.72. The molecule has 0 atom stereocenters. The van der Waals surface area contributed by atoms with Crippen molar-refractivity contribution in [1.82, 2.24) is 0 Å². The average Bonchev–Trinajstić information content (AvgIpc) is 2.76. The van der Waals surface area contributed by atoms with E-state index in [1.165, 1.54) is 85.8 Å². The maximum absolute atomic E-state index is 4.94. The SMILES string of the molecule is CCCCCCCC.Cl[SiH](Cl)Cl.c1ccc2c(c1)ccc1c3c(ccc12)CCCC3. The summed E-state index contributed by atoms with van der Waals surface area (Å²) in [5, 5.41) is 5.64. The number of fused-ring (bicyclic) bond motifs is 5. The monoisotopic (exact) mass is 480 g/mol. The van der Waals surface area contributed by atoms with Gasteiger partial charge < -0.3 is 0 Å². The van der Waals surface area contributed by atoms with Gasteiger partial charge in [0.15, 0.2) is 0 Å². The Kier molecular flexibility index (Phi) is 12.2. The Morgan fingerprint density at radius 2 is 1.27 bits per heavy atom. The van der Waals surface area contributed by atoms with Crippen molar-refractivity contribution in [3.05, 3.63) is 59.7 Å². The van der Waals surface area contributed by atoms with Crippen molar-refractivity contribution in [3.8, 4) is 0 Å². The fraction of sp³-hybridized carbons (Fsp3) is 0.462. The van der Waals surface area contributed by atoms with Gasteiger partial charge in [-0.1, -0.05) is 101 Å². The molecule has 3 aromatic carbocycles. The molecule has 0 unspecified atom stereocenters. The van der Waals surface area contributed by atoms with Crippen LogP contribution in [0.4, 0.5) is 0 Å². The van der Waals surface area contributed by atoms with E-state index in [0.29, 0.717) is 0 Å². The van der Waals surface area contributed by atoms with Gasteiger partial charge in [0, 0.05) is 0 Å². The lowest BCUT2D eigenvalue weighted by Crippen LogP contribution is -2.02. The Hall–Kier alpha value is -0.733. The molecule has 164 valence electrons. The van der Waals surface area contributed by atoms with Crippen molar-refractivity contribution in [2.45, 2.75) is 78.1 Å². The van der Waals surface area contributed by atoms with Crippen LogP contribution in [0.1, 0.15) is 76.3 Å². The van der Waals surface area contributed by atoms with E-state index in [0.717, 1.165) is 0 Å². The van der Waals surface area contributed by atoms with Gasteiger partial charge in [0.2, 0.25) is 0 Å². The summed E-state index contributed by atoms with van der Waals surface area (Å²) >= 11 is 14.8. The van der Waals surface area contributed by atoms with Gasteiger partial charge in [-0.3, -0.25) is 0 Å². The molecule has 4 rings (SSSR count). The molecule has 0 nitrogen and oxygen atoms in total. The summed E-state index contributed by atoms with van der Waals surface area (Å²) in [7, 11) is 0. The minimum absolute atomic E-state index is 1.25. The lowest BCUT2D eigenvalue weighted by atomic mass is 9.86. The van der Waals surface area contributed by atoms with Crippen LogP contribution >= 0.6 is 33.2 Å². The number of hydrogen-bond donors (Lipinski definition) is 0. The Bertz CT molecular complexity index is 883. The molecule has 0 saturated heterocycles. The number of aryl methyl sites for hydroxylation is 2. The zero-order chi connectivity index (χ0) is 21.8. The van der Waals surface area contributed by atoms with Crippen LogP contribution in [0.25, 0.3) is 21.5 Å². The van der Waals surface area contributed by atoms with Crippen molar-refractivity contribution in [2.24, 2.45) is 0 Å². The van der Waals surface area contributed by atoms with Crippen LogP contribution in [0.15, 0.2) is 48.5 Å². The highest BCUT2D eigenvalue weighted by molar-refractivity contribution is 7.54. The highest BCUT2D eigenvalue weighted by atomic mass is 35.8. The summed E-state index contributed by atoms with van der Waals surface area (Å²) in [6.07, 6.45) is 13.7. The van der Waals surface area contributed by atoms with Crippen molar-refractivity contribution >= 4 is 61.5 Å². The quantitative estimate of drug-likeness (QED) is 0.147. The smallest absolute Gasteiger partial charge is 0.130 e. The van der Waals surface area contributed by atoms with Crippen LogP contribution in [0.2, 0.25) is 0 Å². The molecule has 0 N–H and O–H groups in total. The van der Waals surface area contributed by atoms with Gasteiger partial charge in [-0.2, -0.15) is 0 Å². The van der Waals surface area contributed by atoms with Gasteiger partial charge in [0.25, 0.3) is 0 Å². The molecule has 0 aliphatic heterocycles. The zero-order valence-electron chi connectivity index (χ0n) is 18.4. The molecule has 0 saturated carbocycles. The van der Waals surface area contributed by atoms with E-state index in [2.05, 4.69) is 62.4 Å². The minimum Gasteiger partial charge on any atom is -0.130 e. The number of rotatable bonds is 5. The standard InChI is InChI=1S/C18H16.C8H18.Cl3HSi/c1-3-7-15-13(5-1)9-11-18-16-8-4-2-6-14(16)10-12-17(15)18;1-3-5-7-8-6-4-2;1-4(2)3/h1,3,5,7,9-12H,2,4,6,8H2;3-8H2,1-2H3;4H. The molecule has 0 amide bonds. The zero-order valence-corrected chi connectivity index (χ0v) is 21.8. The van der Waals surface area contributed by atoms with Gasteiger partial charge in [-0.05, 0) is 58.4 Å². The van der Waals surface area contributed by atoms with Crippen molar-refractivity contribution in [2.75, 3.05) is 0 Å². The molecule has 30 heavy (non-hydrogen) atoms. The van der Waals surface area contributed by atoms with Gasteiger partial charge >= 0.3 is 6.73 Å². The predicted molar refractivity (Wildman–Crippen MR) is 142 cm³/mol. The second-order valence-corrected chi connectivity index (χ2v) is 14.4. The second-order valence-electron chi connectivity index (χ2n) is 7.95. The van der Waals surface area contributed by atoms with E-state index in [1.54, 1.807) is 11.1 Å². The number of halogens is 3. The molecular formula is C26H35Cl3Si. The molecular weight excluding hydrogens is 447 g/mol. The fourth-order valence-electron chi connectivity index (χ4n) is 4.20. The molecule has 3 aromatic rings. The number of hydrogen-bond acceptors (Lipinski definition) is 0. The summed E-state index contributed by atoms with van der Waals surface area (Å²) in [6.45, 7) is 2.79. The van der Waals surface area contributed by atoms with Crippen LogP contribution in [-0.2, 0) is 12.8 Å². The predicted octanol–water partition coefficient (Wildman–Crippen LogP) is 9.66. The van der Waals surface area contributed by atoms with E-state index in [4.69, 9.17) is 33.2 Å². The largest absolute Gasteiger partial charge is 0.326 e. The highest BCUT2D eigenvalue weighted by Gasteiger charge is 2.13. The van der Waals surface area contributed by atoms with Gasteiger partial charge in [0.1, 0.15) is 0 Å². The van der Waals surface area contributed by atoms with E-state index >= 15 is 0 Å². The van der Waals surface area contributed by atoms with Crippen LogP contribution < -0.4 is 0 Å².